The summed E-state index contributed by atoms with van der Waals surface area (Å²) >= 11 is 1.32. The number of hydrogen-bond donors (Lipinski definition) is 1. The SMILES string of the molecule is O=C1N[C@@H]2CS(=O)(=O)C[C@@H]2N1c1nc(-c2ccc3c(c2)OCCO3)cs1. The predicted molar refractivity (Wildman–Crippen MR) is 95.8 cm³/mol. The maximum atomic E-state index is 12.3. The zero-order valence-corrected chi connectivity index (χ0v) is 15.2. The summed E-state index contributed by atoms with van der Waals surface area (Å²) in [4.78, 5) is 18.3. The molecule has 2 fully saturated rings. The quantitative estimate of drug-likeness (QED) is 0.772. The molecule has 0 unspecified atom stereocenters. The Hall–Kier alpha value is -2.33. The number of aromatic nitrogens is 1. The second kappa shape index (κ2) is 5.58. The molecule has 2 saturated heterocycles. The number of carbonyl (C=O) groups is 1. The van der Waals surface area contributed by atoms with Crippen LogP contribution in [0.5, 0.6) is 11.5 Å². The first-order valence-corrected chi connectivity index (χ1v) is 10.9. The van der Waals surface area contributed by atoms with Crippen LogP contribution >= 0.6 is 11.3 Å². The van der Waals surface area contributed by atoms with Crippen molar-refractivity contribution >= 4 is 32.3 Å². The minimum atomic E-state index is -3.14. The Morgan fingerprint density at radius 3 is 2.85 bits per heavy atom. The molecule has 4 heterocycles. The van der Waals surface area contributed by atoms with Gasteiger partial charge in [0.1, 0.15) is 13.2 Å². The summed E-state index contributed by atoms with van der Waals surface area (Å²) in [5.41, 5.74) is 1.56. The number of nitrogens with zero attached hydrogens (tertiary/aromatic N) is 2. The zero-order valence-electron chi connectivity index (χ0n) is 13.5. The number of urea groups is 1. The summed E-state index contributed by atoms with van der Waals surface area (Å²) in [5, 5.41) is 5.10. The third kappa shape index (κ3) is 2.52. The van der Waals surface area contributed by atoms with Crippen LogP contribution in [0.15, 0.2) is 23.6 Å². The van der Waals surface area contributed by atoms with Gasteiger partial charge in [0.05, 0.1) is 29.3 Å². The van der Waals surface area contributed by atoms with Gasteiger partial charge in [-0.25, -0.2) is 18.2 Å². The van der Waals surface area contributed by atoms with E-state index in [0.29, 0.717) is 35.5 Å². The number of ether oxygens (including phenoxy) is 2. The maximum Gasteiger partial charge on any atom is 0.324 e. The first-order valence-electron chi connectivity index (χ1n) is 8.16. The van der Waals surface area contributed by atoms with Crippen molar-refractivity contribution in [3.05, 3.63) is 23.6 Å². The van der Waals surface area contributed by atoms with Crippen molar-refractivity contribution in [2.45, 2.75) is 12.1 Å². The van der Waals surface area contributed by atoms with Crippen molar-refractivity contribution in [3.63, 3.8) is 0 Å². The molecule has 1 aromatic carbocycles. The van der Waals surface area contributed by atoms with Crippen LogP contribution < -0.4 is 19.7 Å². The Kier molecular flexibility index (Phi) is 3.41. The molecule has 0 radical (unpaired) electrons. The molecule has 26 heavy (non-hydrogen) atoms. The number of anilines is 1. The summed E-state index contributed by atoms with van der Waals surface area (Å²) in [6.45, 7) is 1.03. The molecule has 136 valence electrons. The fraction of sp³-hybridized carbons (Fsp3) is 0.375. The molecule has 8 nitrogen and oxygen atoms in total. The van der Waals surface area contributed by atoms with Crippen LogP contribution in [0.4, 0.5) is 9.93 Å². The maximum absolute atomic E-state index is 12.3. The standard InChI is InChI=1S/C16H15N3O5S2/c20-15-17-11-7-26(21,22)8-12(11)19(15)16-18-10(6-25-16)9-1-2-13-14(5-9)24-4-3-23-13/h1-2,5-6,11-12H,3-4,7-8H2,(H,17,20)/t11-,12+/m1/s1. The summed E-state index contributed by atoms with van der Waals surface area (Å²) in [6, 6.07) is 4.53. The Morgan fingerprint density at radius 2 is 2.00 bits per heavy atom. The molecule has 0 bridgehead atoms. The summed E-state index contributed by atoms with van der Waals surface area (Å²) in [5.74, 6) is 1.33. The summed E-state index contributed by atoms with van der Waals surface area (Å²) in [6.07, 6.45) is 0. The van der Waals surface area contributed by atoms with Crippen LogP contribution in [0.2, 0.25) is 0 Å². The second-order valence-corrected chi connectivity index (χ2v) is 9.43. The third-order valence-electron chi connectivity index (χ3n) is 4.72. The molecule has 2 atom stereocenters. The Morgan fingerprint density at radius 1 is 1.19 bits per heavy atom. The van der Waals surface area contributed by atoms with Gasteiger partial charge >= 0.3 is 6.03 Å². The van der Waals surface area contributed by atoms with Crippen LogP contribution in [-0.4, -0.2) is 56.2 Å². The monoisotopic (exact) mass is 393 g/mol. The number of rotatable bonds is 2. The Balaban J connectivity index is 1.46. The molecule has 0 spiro atoms. The first-order chi connectivity index (χ1) is 12.5. The highest BCUT2D eigenvalue weighted by Gasteiger charge is 2.50. The van der Waals surface area contributed by atoms with Crippen LogP contribution in [0.3, 0.4) is 0 Å². The van der Waals surface area contributed by atoms with E-state index in [2.05, 4.69) is 10.3 Å². The van der Waals surface area contributed by atoms with Gasteiger partial charge in [0.25, 0.3) is 0 Å². The highest BCUT2D eigenvalue weighted by atomic mass is 32.2. The van der Waals surface area contributed by atoms with Crippen LogP contribution in [-0.2, 0) is 9.84 Å². The normalized spacial score (nSPS) is 25.8. The molecule has 5 rings (SSSR count). The molecule has 1 N–H and O–H groups in total. The van der Waals surface area contributed by atoms with E-state index in [1.807, 2.05) is 23.6 Å². The molecule has 3 aliphatic rings. The predicted octanol–water partition coefficient (Wildman–Crippen LogP) is 1.28. The van der Waals surface area contributed by atoms with Crippen molar-refractivity contribution in [2.75, 3.05) is 29.6 Å². The number of nitrogens with one attached hydrogen (secondary N) is 1. The number of hydrogen-bond acceptors (Lipinski definition) is 7. The van der Waals surface area contributed by atoms with Crippen LogP contribution in [0, 0.1) is 0 Å². The second-order valence-electron chi connectivity index (χ2n) is 6.44. The minimum absolute atomic E-state index is 0.0136. The van der Waals surface area contributed by atoms with Gasteiger partial charge < -0.3 is 14.8 Å². The van der Waals surface area contributed by atoms with E-state index in [-0.39, 0.29) is 23.6 Å². The molecule has 10 heteroatoms. The number of carbonyl (C=O) groups excluding carboxylic acids is 1. The number of fused-ring (bicyclic) bond motifs is 2. The molecular formula is C16H15N3O5S2. The van der Waals surface area contributed by atoms with Crippen LogP contribution in [0.25, 0.3) is 11.3 Å². The Bertz CT molecular complexity index is 1000. The highest BCUT2D eigenvalue weighted by Crippen LogP contribution is 2.37. The first kappa shape index (κ1) is 15.9. The van der Waals surface area contributed by atoms with Gasteiger partial charge in [0, 0.05) is 10.9 Å². The third-order valence-corrected chi connectivity index (χ3v) is 7.27. The van der Waals surface area contributed by atoms with E-state index < -0.39 is 15.9 Å². The number of thiazole rings is 1. The van der Waals surface area contributed by atoms with Gasteiger partial charge in [0.15, 0.2) is 26.5 Å². The largest absolute Gasteiger partial charge is 0.486 e. The average molecular weight is 393 g/mol. The van der Waals surface area contributed by atoms with Gasteiger partial charge in [-0.15, -0.1) is 11.3 Å². The minimum Gasteiger partial charge on any atom is -0.486 e. The molecular weight excluding hydrogens is 378 g/mol. The van der Waals surface area contributed by atoms with Gasteiger partial charge in [-0.2, -0.15) is 0 Å². The van der Waals surface area contributed by atoms with Gasteiger partial charge in [0.2, 0.25) is 0 Å². The summed E-state index contributed by atoms with van der Waals surface area (Å²) in [7, 11) is -3.14. The van der Waals surface area contributed by atoms with Crippen LogP contribution in [0.1, 0.15) is 0 Å². The average Bonchev–Trinajstić information content (AvgIpc) is 3.26. The van der Waals surface area contributed by atoms with E-state index >= 15 is 0 Å². The molecule has 3 aliphatic heterocycles. The number of sulfone groups is 1. The van der Waals surface area contributed by atoms with Crippen molar-refractivity contribution < 1.29 is 22.7 Å². The van der Waals surface area contributed by atoms with E-state index in [1.54, 1.807) is 0 Å². The number of benzene rings is 1. The fourth-order valence-corrected chi connectivity index (χ4v) is 6.32. The Labute approximate surface area is 153 Å². The lowest BCUT2D eigenvalue weighted by molar-refractivity contribution is 0.171. The highest BCUT2D eigenvalue weighted by molar-refractivity contribution is 7.91. The topological polar surface area (TPSA) is 97.8 Å². The fourth-order valence-electron chi connectivity index (χ4n) is 3.54. The lowest BCUT2D eigenvalue weighted by Gasteiger charge is -2.19. The van der Waals surface area contributed by atoms with E-state index in [4.69, 9.17) is 9.47 Å². The molecule has 2 aromatic rings. The lowest BCUT2D eigenvalue weighted by atomic mass is 10.1. The molecule has 1 aromatic heterocycles. The van der Waals surface area contributed by atoms with Crippen molar-refractivity contribution in [1.29, 1.82) is 0 Å². The van der Waals surface area contributed by atoms with Crippen molar-refractivity contribution in [3.8, 4) is 22.8 Å². The van der Waals surface area contributed by atoms with Gasteiger partial charge in [-0.1, -0.05) is 0 Å². The van der Waals surface area contributed by atoms with Crippen molar-refractivity contribution in [1.82, 2.24) is 10.3 Å². The van der Waals surface area contributed by atoms with E-state index in [1.165, 1.54) is 16.2 Å². The number of amides is 2. The lowest BCUT2D eigenvalue weighted by Crippen LogP contribution is -2.36. The smallest absolute Gasteiger partial charge is 0.324 e. The molecule has 2 amide bonds. The van der Waals surface area contributed by atoms with E-state index in [0.717, 1.165) is 5.56 Å². The molecule has 0 aliphatic carbocycles. The summed E-state index contributed by atoms with van der Waals surface area (Å²) < 4.78 is 34.9. The van der Waals surface area contributed by atoms with Gasteiger partial charge in [-0.3, -0.25) is 4.90 Å². The zero-order chi connectivity index (χ0) is 17.9. The van der Waals surface area contributed by atoms with Gasteiger partial charge in [-0.05, 0) is 18.2 Å². The van der Waals surface area contributed by atoms with E-state index in [9.17, 15) is 13.2 Å². The van der Waals surface area contributed by atoms with Crippen molar-refractivity contribution in [2.24, 2.45) is 0 Å². The molecule has 0 saturated carbocycles.